The Kier molecular flexibility index (Phi) is 4.61. The predicted molar refractivity (Wildman–Crippen MR) is 83.0 cm³/mol. The lowest BCUT2D eigenvalue weighted by Crippen LogP contribution is -2.22. The maximum atomic E-state index is 6.23. The summed E-state index contributed by atoms with van der Waals surface area (Å²) < 4.78 is 0. The Bertz CT molecular complexity index is 565. The quantitative estimate of drug-likeness (QED) is 0.874. The Hall–Kier alpha value is -0.900. The van der Waals surface area contributed by atoms with Crippen LogP contribution in [0, 0.1) is 13.8 Å². The van der Waals surface area contributed by atoms with Gasteiger partial charge < -0.3 is 5.32 Å². The number of nitrogens with zero attached hydrogens (tertiary/aromatic N) is 1. The van der Waals surface area contributed by atoms with Crippen molar-refractivity contribution in [1.29, 1.82) is 0 Å². The molecular weight excluding hydrogens is 276 g/mol. The van der Waals surface area contributed by atoms with Crippen LogP contribution in [0.3, 0.4) is 0 Å². The third-order valence-corrected chi connectivity index (χ3v) is 4.80. The number of benzene rings is 1. The van der Waals surface area contributed by atoms with Crippen molar-refractivity contribution in [3.8, 4) is 0 Å². The fourth-order valence-electron chi connectivity index (χ4n) is 2.32. The summed E-state index contributed by atoms with van der Waals surface area (Å²) in [7, 11) is 0. The number of halogens is 1. The minimum absolute atomic E-state index is 0.213. The number of aromatic nitrogens is 1. The molecule has 0 radical (unpaired) electrons. The molecule has 2 atom stereocenters. The first-order valence-corrected chi connectivity index (χ1v) is 7.63. The van der Waals surface area contributed by atoms with E-state index < -0.39 is 0 Å². The highest BCUT2D eigenvalue weighted by Crippen LogP contribution is 2.28. The van der Waals surface area contributed by atoms with E-state index in [1.54, 1.807) is 11.3 Å². The van der Waals surface area contributed by atoms with Gasteiger partial charge >= 0.3 is 0 Å². The number of thiazole rings is 1. The van der Waals surface area contributed by atoms with Gasteiger partial charge in [-0.25, -0.2) is 4.98 Å². The summed E-state index contributed by atoms with van der Waals surface area (Å²) >= 11 is 7.99. The summed E-state index contributed by atoms with van der Waals surface area (Å²) in [6.07, 6.45) is 0. The van der Waals surface area contributed by atoms with Gasteiger partial charge in [-0.2, -0.15) is 0 Å². The summed E-state index contributed by atoms with van der Waals surface area (Å²) in [5.74, 6) is 0. The summed E-state index contributed by atoms with van der Waals surface area (Å²) in [4.78, 5) is 5.78. The van der Waals surface area contributed by atoms with Crippen molar-refractivity contribution in [2.45, 2.75) is 39.8 Å². The summed E-state index contributed by atoms with van der Waals surface area (Å²) in [6.45, 7) is 8.43. The Labute approximate surface area is 123 Å². The smallest absolute Gasteiger partial charge is 0.0900 e. The van der Waals surface area contributed by atoms with Crippen molar-refractivity contribution >= 4 is 22.9 Å². The molecule has 1 aromatic heterocycles. The van der Waals surface area contributed by atoms with E-state index in [0.29, 0.717) is 0 Å². The molecule has 0 aliphatic carbocycles. The van der Waals surface area contributed by atoms with Crippen LogP contribution in [0.1, 0.15) is 47.1 Å². The van der Waals surface area contributed by atoms with Crippen molar-refractivity contribution < 1.29 is 0 Å². The Morgan fingerprint density at radius 3 is 2.42 bits per heavy atom. The van der Waals surface area contributed by atoms with E-state index in [1.165, 1.54) is 4.88 Å². The fraction of sp³-hybridized carbons (Fsp3) is 0.400. The molecule has 0 saturated heterocycles. The SMILES string of the molecule is Cc1nc(C)c(C(C)NC(C)c2ccccc2Cl)s1. The Morgan fingerprint density at radius 2 is 1.84 bits per heavy atom. The van der Waals surface area contributed by atoms with E-state index in [1.807, 2.05) is 25.1 Å². The summed E-state index contributed by atoms with van der Waals surface area (Å²) in [6, 6.07) is 8.47. The zero-order valence-corrected chi connectivity index (χ0v) is 13.3. The van der Waals surface area contributed by atoms with Gasteiger partial charge in [0.25, 0.3) is 0 Å². The molecule has 0 amide bonds. The van der Waals surface area contributed by atoms with Gasteiger partial charge in [0.1, 0.15) is 0 Å². The number of nitrogens with one attached hydrogen (secondary N) is 1. The van der Waals surface area contributed by atoms with E-state index in [9.17, 15) is 0 Å². The van der Waals surface area contributed by atoms with Gasteiger partial charge in [-0.1, -0.05) is 29.8 Å². The molecule has 2 aromatic rings. The van der Waals surface area contributed by atoms with Crippen molar-refractivity contribution in [3.63, 3.8) is 0 Å². The van der Waals surface area contributed by atoms with Gasteiger partial charge in [0.05, 0.1) is 10.7 Å². The third kappa shape index (κ3) is 3.35. The van der Waals surface area contributed by atoms with Gasteiger partial charge in [0, 0.05) is 22.0 Å². The predicted octanol–water partition coefficient (Wildman–Crippen LogP) is 4.83. The molecule has 0 fully saturated rings. The molecule has 2 rings (SSSR count). The van der Waals surface area contributed by atoms with Crippen molar-refractivity contribution in [2.24, 2.45) is 0 Å². The average Bonchev–Trinajstić information content (AvgIpc) is 2.69. The third-order valence-electron chi connectivity index (χ3n) is 3.20. The zero-order valence-electron chi connectivity index (χ0n) is 11.7. The molecule has 1 heterocycles. The first kappa shape index (κ1) is 14.5. The minimum atomic E-state index is 0.213. The molecule has 1 N–H and O–H groups in total. The molecule has 2 nitrogen and oxygen atoms in total. The van der Waals surface area contributed by atoms with Crippen LogP contribution in [0.25, 0.3) is 0 Å². The standard InChI is InChI=1S/C15H19ClN2S/c1-9(13-7-5-6-8-14(13)16)17-10(2)15-11(3)18-12(4)19-15/h5-10,17H,1-4H3. The van der Waals surface area contributed by atoms with E-state index in [4.69, 9.17) is 11.6 Å². The molecule has 0 bridgehead atoms. The van der Waals surface area contributed by atoms with Gasteiger partial charge in [-0.15, -0.1) is 11.3 Å². The monoisotopic (exact) mass is 294 g/mol. The van der Waals surface area contributed by atoms with Crippen molar-refractivity contribution in [2.75, 3.05) is 0 Å². The van der Waals surface area contributed by atoms with Crippen LogP contribution in [0.2, 0.25) is 5.02 Å². The molecule has 102 valence electrons. The van der Waals surface area contributed by atoms with Crippen molar-refractivity contribution in [1.82, 2.24) is 10.3 Å². The first-order valence-electron chi connectivity index (χ1n) is 6.43. The lowest BCUT2D eigenvalue weighted by molar-refractivity contribution is 0.498. The molecule has 0 aliphatic rings. The lowest BCUT2D eigenvalue weighted by atomic mass is 10.1. The lowest BCUT2D eigenvalue weighted by Gasteiger charge is -2.20. The Morgan fingerprint density at radius 1 is 1.16 bits per heavy atom. The van der Waals surface area contributed by atoms with Crippen LogP contribution in [-0.4, -0.2) is 4.98 Å². The fourth-order valence-corrected chi connectivity index (χ4v) is 3.55. The number of hydrogen-bond donors (Lipinski definition) is 1. The molecular formula is C15H19ClN2S. The Balaban J connectivity index is 2.13. The van der Waals surface area contributed by atoms with Crippen LogP contribution in [0.4, 0.5) is 0 Å². The molecule has 19 heavy (non-hydrogen) atoms. The summed E-state index contributed by atoms with van der Waals surface area (Å²) in [5, 5.41) is 5.52. The van der Waals surface area contributed by atoms with Crippen LogP contribution >= 0.6 is 22.9 Å². The largest absolute Gasteiger partial charge is 0.303 e. The van der Waals surface area contributed by atoms with E-state index in [0.717, 1.165) is 21.3 Å². The molecule has 0 spiro atoms. The van der Waals surface area contributed by atoms with Crippen LogP contribution < -0.4 is 5.32 Å². The summed E-state index contributed by atoms with van der Waals surface area (Å²) in [5.41, 5.74) is 2.25. The molecule has 4 heteroatoms. The highest BCUT2D eigenvalue weighted by Gasteiger charge is 2.17. The zero-order chi connectivity index (χ0) is 14.0. The molecule has 0 saturated carbocycles. The number of aryl methyl sites for hydroxylation is 2. The van der Waals surface area contributed by atoms with Crippen molar-refractivity contribution in [3.05, 3.63) is 50.4 Å². The first-order chi connectivity index (χ1) is 8.99. The second-order valence-electron chi connectivity index (χ2n) is 4.81. The van der Waals surface area contributed by atoms with Crippen LogP contribution in [0.15, 0.2) is 24.3 Å². The topological polar surface area (TPSA) is 24.9 Å². The molecule has 2 unspecified atom stereocenters. The van der Waals surface area contributed by atoms with E-state index >= 15 is 0 Å². The second kappa shape index (κ2) is 6.04. The van der Waals surface area contributed by atoms with Crippen LogP contribution in [-0.2, 0) is 0 Å². The highest BCUT2D eigenvalue weighted by molar-refractivity contribution is 7.11. The van der Waals surface area contributed by atoms with Gasteiger partial charge in [-0.05, 0) is 39.3 Å². The van der Waals surface area contributed by atoms with Gasteiger partial charge in [-0.3, -0.25) is 0 Å². The molecule has 0 aliphatic heterocycles. The second-order valence-corrected chi connectivity index (χ2v) is 6.46. The number of rotatable bonds is 4. The minimum Gasteiger partial charge on any atom is -0.303 e. The average molecular weight is 295 g/mol. The maximum Gasteiger partial charge on any atom is 0.0900 e. The molecule has 1 aromatic carbocycles. The van der Waals surface area contributed by atoms with Gasteiger partial charge in [0.2, 0.25) is 0 Å². The van der Waals surface area contributed by atoms with E-state index in [2.05, 4.69) is 37.1 Å². The van der Waals surface area contributed by atoms with E-state index in [-0.39, 0.29) is 12.1 Å². The normalized spacial score (nSPS) is 14.4. The van der Waals surface area contributed by atoms with Gasteiger partial charge in [0.15, 0.2) is 0 Å². The maximum absolute atomic E-state index is 6.23. The highest BCUT2D eigenvalue weighted by atomic mass is 35.5. The number of hydrogen-bond acceptors (Lipinski definition) is 3. The van der Waals surface area contributed by atoms with Crippen LogP contribution in [0.5, 0.6) is 0 Å².